The lowest BCUT2D eigenvalue weighted by Crippen LogP contribution is -2.40. The number of carbonyl (C=O) groups excluding carboxylic acids is 1. The molecule has 1 aliphatic rings. The Kier molecular flexibility index (Phi) is 7.82. The largest absolute Gasteiger partial charge is 0.494 e. The smallest absolute Gasteiger partial charge is 0.338 e. The van der Waals surface area contributed by atoms with Crippen molar-refractivity contribution in [3.8, 4) is 5.75 Å². The Labute approximate surface area is 251 Å². The molecular formula is C34H30FN3O4S. The number of halogens is 1. The lowest BCUT2D eigenvalue weighted by molar-refractivity contribution is -0.139. The first-order valence-electron chi connectivity index (χ1n) is 14.1. The molecule has 6 rings (SSSR count). The van der Waals surface area contributed by atoms with Crippen LogP contribution in [-0.2, 0) is 16.1 Å². The van der Waals surface area contributed by atoms with Crippen LogP contribution in [0.4, 0.5) is 4.39 Å². The topological polar surface area (TPSA) is 74.8 Å². The number of para-hydroxylation sites is 2. The number of benzene rings is 3. The van der Waals surface area contributed by atoms with Gasteiger partial charge in [0.25, 0.3) is 5.56 Å². The second kappa shape index (κ2) is 11.9. The van der Waals surface area contributed by atoms with Gasteiger partial charge in [-0.05, 0) is 56.7 Å². The summed E-state index contributed by atoms with van der Waals surface area (Å²) in [4.78, 5) is 32.7. The van der Waals surface area contributed by atoms with Crippen molar-refractivity contribution in [1.82, 2.24) is 9.13 Å². The molecule has 218 valence electrons. The summed E-state index contributed by atoms with van der Waals surface area (Å²) in [6.07, 6.45) is 3.88. The molecule has 43 heavy (non-hydrogen) atoms. The monoisotopic (exact) mass is 595 g/mol. The molecule has 1 aliphatic heterocycles. The van der Waals surface area contributed by atoms with Gasteiger partial charge < -0.3 is 14.0 Å². The molecule has 0 unspecified atom stereocenters. The van der Waals surface area contributed by atoms with E-state index in [2.05, 4.69) is 4.57 Å². The van der Waals surface area contributed by atoms with Crippen LogP contribution >= 0.6 is 11.3 Å². The summed E-state index contributed by atoms with van der Waals surface area (Å²) in [5.74, 6) is -0.205. The summed E-state index contributed by atoms with van der Waals surface area (Å²) < 4.78 is 29.0. The number of aromatic nitrogens is 2. The predicted octanol–water partition coefficient (Wildman–Crippen LogP) is 5.34. The molecule has 0 radical (unpaired) electrons. The molecule has 0 saturated heterocycles. The van der Waals surface area contributed by atoms with Crippen LogP contribution in [0.1, 0.15) is 43.5 Å². The average Bonchev–Trinajstić information content (AvgIpc) is 3.50. The molecule has 5 aromatic rings. The van der Waals surface area contributed by atoms with E-state index >= 15 is 0 Å². The highest BCUT2D eigenvalue weighted by Crippen LogP contribution is 2.36. The van der Waals surface area contributed by atoms with Crippen molar-refractivity contribution in [2.24, 2.45) is 4.99 Å². The minimum Gasteiger partial charge on any atom is -0.494 e. The molecule has 3 aromatic carbocycles. The van der Waals surface area contributed by atoms with Crippen LogP contribution in [0, 0.1) is 5.82 Å². The van der Waals surface area contributed by atoms with Crippen molar-refractivity contribution < 1.29 is 18.7 Å². The molecule has 0 amide bonds. The Balaban J connectivity index is 1.52. The molecule has 0 spiro atoms. The molecule has 3 heterocycles. The van der Waals surface area contributed by atoms with E-state index < -0.39 is 12.0 Å². The third-order valence-electron chi connectivity index (χ3n) is 7.40. The fourth-order valence-electron chi connectivity index (χ4n) is 5.53. The van der Waals surface area contributed by atoms with Gasteiger partial charge in [0.2, 0.25) is 0 Å². The minimum absolute atomic E-state index is 0.196. The molecule has 0 aliphatic carbocycles. The number of allylic oxidation sites excluding steroid dienone is 1. The molecule has 0 bridgehead atoms. The van der Waals surface area contributed by atoms with E-state index in [9.17, 15) is 14.0 Å². The van der Waals surface area contributed by atoms with Crippen LogP contribution in [0.5, 0.6) is 5.75 Å². The molecule has 9 heteroatoms. The number of thiazole rings is 1. The van der Waals surface area contributed by atoms with E-state index in [1.54, 1.807) is 30.5 Å². The third-order valence-corrected chi connectivity index (χ3v) is 8.39. The minimum atomic E-state index is -0.764. The number of rotatable bonds is 8. The number of hydrogen-bond acceptors (Lipinski definition) is 6. The molecule has 2 aromatic heterocycles. The van der Waals surface area contributed by atoms with Gasteiger partial charge in [0, 0.05) is 34.8 Å². The van der Waals surface area contributed by atoms with Crippen molar-refractivity contribution in [3.63, 3.8) is 0 Å². The lowest BCUT2D eigenvalue weighted by atomic mass is 9.95. The molecule has 1 atom stereocenters. The summed E-state index contributed by atoms with van der Waals surface area (Å²) in [5.41, 5.74) is 4.06. The number of hydrogen-bond donors (Lipinski definition) is 0. The first-order chi connectivity index (χ1) is 20.9. The molecule has 7 nitrogen and oxygen atoms in total. The number of fused-ring (bicyclic) bond motifs is 2. The van der Waals surface area contributed by atoms with Gasteiger partial charge >= 0.3 is 5.97 Å². The fourth-order valence-corrected chi connectivity index (χ4v) is 6.57. The molecule has 0 N–H and O–H groups in total. The van der Waals surface area contributed by atoms with Crippen molar-refractivity contribution >= 4 is 34.3 Å². The van der Waals surface area contributed by atoms with Crippen molar-refractivity contribution in [2.75, 3.05) is 13.2 Å². The van der Waals surface area contributed by atoms with Gasteiger partial charge in [0.15, 0.2) is 4.80 Å². The van der Waals surface area contributed by atoms with E-state index in [1.165, 1.54) is 23.5 Å². The summed E-state index contributed by atoms with van der Waals surface area (Å²) in [6.45, 7) is 6.58. The maximum absolute atomic E-state index is 14.2. The van der Waals surface area contributed by atoms with Crippen LogP contribution < -0.4 is 19.6 Å². The van der Waals surface area contributed by atoms with E-state index in [0.29, 0.717) is 45.1 Å². The summed E-state index contributed by atoms with van der Waals surface area (Å²) in [5, 5.41) is 0.983. The predicted molar refractivity (Wildman–Crippen MR) is 165 cm³/mol. The average molecular weight is 596 g/mol. The zero-order chi connectivity index (χ0) is 30.1. The first kappa shape index (κ1) is 28.4. The highest BCUT2D eigenvalue weighted by molar-refractivity contribution is 7.07. The van der Waals surface area contributed by atoms with Gasteiger partial charge in [-0.15, -0.1) is 0 Å². The highest BCUT2D eigenvalue weighted by Gasteiger charge is 2.35. The molecule has 0 fully saturated rings. The van der Waals surface area contributed by atoms with Crippen molar-refractivity contribution in [3.05, 3.63) is 132 Å². The normalized spacial score (nSPS) is 15.0. The van der Waals surface area contributed by atoms with E-state index in [4.69, 9.17) is 14.5 Å². The Morgan fingerprint density at radius 1 is 1.02 bits per heavy atom. The molecule has 0 saturated carbocycles. The maximum atomic E-state index is 14.2. The van der Waals surface area contributed by atoms with Gasteiger partial charge in [-0.3, -0.25) is 9.36 Å². The van der Waals surface area contributed by atoms with Gasteiger partial charge in [0.1, 0.15) is 17.6 Å². The van der Waals surface area contributed by atoms with Crippen LogP contribution in [0.3, 0.4) is 0 Å². The summed E-state index contributed by atoms with van der Waals surface area (Å²) >= 11 is 1.28. The third kappa shape index (κ3) is 5.32. The molecular weight excluding hydrogens is 565 g/mol. The van der Waals surface area contributed by atoms with Crippen molar-refractivity contribution in [2.45, 2.75) is 33.4 Å². The van der Waals surface area contributed by atoms with Gasteiger partial charge in [-0.2, -0.15) is 0 Å². The highest BCUT2D eigenvalue weighted by atomic mass is 32.1. The van der Waals surface area contributed by atoms with Crippen LogP contribution in [-0.4, -0.2) is 28.3 Å². The van der Waals surface area contributed by atoms with Crippen LogP contribution in [0.2, 0.25) is 0 Å². The Bertz CT molecular complexity index is 2050. The number of ether oxygens (including phenoxy) is 2. The van der Waals surface area contributed by atoms with Crippen LogP contribution in [0.15, 0.2) is 100 Å². The van der Waals surface area contributed by atoms with Gasteiger partial charge in [-0.1, -0.05) is 59.9 Å². The number of carbonyl (C=O) groups is 1. The summed E-state index contributed by atoms with van der Waals surface area (Å²) in [7, 11) is 0. The fraction of sp³-hybridized carbons (Fsp3) is 0.206. The van der Waals surface area contributed by atoms with E-state index in [0.717, 1.165) is 22.0 Å². The van der Waals surface area contributed by atoms with Crippen molar-refractivity contribution in [1.29, 1.82) is 0 Å². The Morgan fingerprint density at radius 3 is 2.53 bits per heavy atom. The second-order valence-electron chi connectivity index (χ2n) is 10.1. The Morgan fingerprint density at radius 2 is 1.77 bits per heavy atom. The quantitative estimate of drug-likeness (QED) is 0.227. The van der Waals surface area contributed by atoms with E-state index in [1.807, 2.05) is 67.7 Å². The second-order valence-corrected chi connectivity index (χ2v) is 11.1. The van der Waals surface area contributed by atoms with E-state index in [-0.39, 0.29) is 18.0 Å². The zero-order valence-corrected chi connectivity index (χ0v) is 24.9. The first-order valence-corrected chi connectivity index (χ1v) is 14.9. The maximum Gasteiger partial charge on any atom is 0.338 e. The van der Waals surface area contributed by atoms with Gasteiger partial charge in [0.05, 0.1) is 29.0 Å². The number of nitrogens with zero attached hydrogens (tertiary/aromatic N) is 3. The standard InChI is InChI=1S/C34H30FN3O4S/c1-4-41-28-13-9-7-11-26(28)31-30(33(40)42-5-2)21(3)36-34-38(31)32(39)29(43-34)18-23-20-37(27-12-8-6-10-25(23)27)19-22-14-16-24(35)17-15-22/h6-18,20,31H,4-5,19H2,1-3H3/b29-18-/t31-/m1/s1. The van der Waals surface area contributed by atoms with Gasteiger partial charge in [-0.25, -0.2) is 14.2 Å². The lowest BCUT2D eigenvalue weighted by Gasteiger charge is -2.26. The SMILES string of the molecule is CCOC(=O)C1=C(C)N=c2s/c(=C\c3cn(Cc4ccc(F)cc4)c4ccccc34)c(=O)n2[C@@H]1c1ccccc1OCC. The Hall–Kier alpha value is -4.76. The van der Waals surface area contributed by atoms with Crippen LogP contribution in [0.25, 0.3) is 17.0 Å². The summed E-state index contributed by atoms with van der Waals surface area (Å²) in [6, 6.07) is 21.1. The number of esters is 1. The zero-order valence-electron chi connectivity index (χ0n) is 24.0.